The highest BCUT2D eigenvalue weighted by Crippen LogP contribution is 1.70. The van der Waals surface area contributed by atoms with Crippen LogP contribution in [0.15, 0.2) is 12.2 Å². The molecule has 0 saturated heterocycles. The van der Waals surface area contributed by atoms with Gasteiger partial charge in [0.1, 0.15) is 0 Å². The Bertz CT molecular complexity index is 192. The molecule has 0 spiro atoms. The number of rotatable bonds is 4. The van der Waals surface area contributed by atoms with E-state index in [1.54, 1.807) is 0 Å². The summed E-state index contributed by atoms with van der Waals surface area (Å²) >= 11 is 0. The van der Waals surface area contributed by atoms with Gasteiger partial charge in [-0.2, -0.15) is 11.1 Å². The molecule has 9 nitrogen and oxygen atoms in total. The van der Waals surface area contributed by atoms with Crippen LogP contribution in [0, 0.1) is 0 Å². The van der Waals surface area contributed by atoms with Crippen LogP contribution < -0.4 is 33.6 Å². The zero-order valence-electron chi connectivity index (χ0n) is 6.63. The van der Waals surface area contributed by atoms with Gasteiger partial charge in [-0.15, -0.1) is 0 Å². The van der Waals surface area contributed by atoms with Crippen LogP contribution in [0.3, 0.4) is 0 Å². The highest BCUT2D eigenvalue weighted by molar-refractivity contribution is 5.96. The maximum absolute atomic E-state index is 10.6. The molecule has 0 unspecified atom stereocenters. The van der Waals surface area contributed by atoms with Crippen LogP contribution in [0.2, 0.25) is 0 Å². The van der Waals surface area contributed by atoms with Gasteiger partial charge >= 0.3 is 0 Å². The molecule has 0 aromatic carbocycles. The van der Waals surface area contributed by atoms with Gasteiger partial charge in [-0.1, -0.05) is 0 Å². The van der Waals surface area contributed by atoms with Crippen molar-refractivity contribution in [2.24, 2.45) is 11.7 Å². The molecule has 10 N–H and O–H groups in total. The van der Waals surface area contributed by atoms with Gasteiger partial charge in [0.2, 0.25) is 0 Å². The van der Waals surface area contributed by atoms with Gasteiger partial charge in [0.05, 0.1) is 0 Å². The zero-order valence-corrected chi connectivity index (χ0v) is 6.63. The first-order valence-corrected chi connectivity index (χ1v) is 2.90. The number of hydrogen-bond donors (Lipinski definition) is 6. The van der Waals surface area contributed by atoms with Crippen molar-refractivity contribution in [1.29, 1.82) is 0 Å². The topological polar surface area (TPSA) is 166 Å². The van der Waals surface area contributed by atoms with Crippen molar-refractivity contribution in [3.05, 3.63) is 12.2 Å². The number of carbonyl (C=O) groups excluding carboxylic acids is 2. The first-order valence-electron chi connectivity index (χ1n) is 2.90. The van der Waals surface area contributed by atoms with Gasteiger partial charge < -0.3 is 5.48 Å². The average molecular weight is 192 g/mol. The molecule has 0 aliphatic heterocycles. The van der Waals surface area contributed by atoms with Gasteiger partial charge in [-0.3, -0.25) is 26.3 Å². The van der Waals surface area contributed by atoms with E-state index in [1.807, 2.05) is 11.0 Å². The van der Waals surface area contributed by atoms with Crippen LogP contribution in [0.5, 0.6) is 0 Å². The number of hydrazine groups is 4. The molecule has 0 rings (SSSR count). The second kappa shape index (κ2) is 8.58. The minimum absolute atomic E-state index is 0. The zero-order chi connectivity index (χ0) is 9.40. The summed E-state index contributed by atoms with van der Waals surface area (Å²) in [6, 6.07) is 0. The lowest BCUT2D eigenvalue weighted by Gasteiger charge is -2.00. The van der Waals surface area contributed by atoms with Crippen molar-refractivity contribution < 1.29 is 15.1 Å². The molecule has 2 amide bonds. The predicted octanol–water partition coefficient (Wildman–Crippen LogP) is -4.29. The molecule has 76 valence electrons. The van der Waals surface area contributed by atoms with Gasteiger partial charge in [-0.25, -0.2) is 5.84 Å². The largest absolute Gasteiger partial charge is 0.412 e. The summed E-state index contributed by atoms with van der Waals surface area (Å²) < 4.78 is 0. The Hall–Kier alpha value is -1.52. The monoisotopic (exact) mass is 192 g/mol. The molecule has 0 aromatic heterocycles. The maximum Gasteiger partial charge on any atom is 0.259 e. The number of carbonyl (C=O) groups is 2. The molecule has 9 heteroatoms. The van der Waals surface area contributed by atoms with Gasteiger partial charge in [-0.05, 0) is 0 Å². The normalized spacial score (nSPS) is 9.08. The highest BCUT2D eigenvalue weighted by Gasteiger charge is 1.93. The number of amides is 2. The van der Waals surface area contributed by atoms with Crippen LogP contribution >= 0.6 is 0 Å². The summed E-state index contributed by atoms with van der Waals surface area (Å²) in [5.74, 6) is 8.36. The standard InChI is InChI=1S/C4H10N6O2.H2O/c5-7-3(11)1-2-4(12)8-10-9-6;/h1-2,9-10H,5-6H2,(H,7,11)(H,8,12);1H2/b2-1-;. The van der Waals surface area contributed by atoms with E-state index in [0.717, 1.165) is 12.2 Å². The van der Waals surface area contributed by atoms with E-state index < -0.39 is 11.8 Å². The smallest absolute Gasteiger partial charge is 0.259 e. The predicted molar refractivity (Wildman–Crippen MR) is 43.7 cm³/mol. The van der Waals surface area contributed by atoms with Crippen LogP contribution in [0.4, 0.5) is 0 Å². The molecule has 0 aromatic rings. The third kappa shape index (κ3) is 8.39. The molecule has 0 aliphatic carbocycles. The summed E-state index contributed by atoms with van der Waals surface area (Å²) in [4.78, 5) is 21.1. The fraction of sp³-hybridized carbons (Fsp3) is 0. The van der Waals surface area contributed by atoms with Gasteiger partial charge in [0, 0.05) is 12.2 Å². The molecule has 0 heterocycles. The summed E-state index contributed by atoms with van der Waals surface area (Å²) in [6.07, 6.45) is 1.94. The van der Waals surface area contributed by atoms with Crippen molar-refractivity contribution in [3.63, 3.8) is 0 Å². The second-order valence-corrected chi connectivity index (χ2v) is 1.60. The molecular weight excluding hydrogens is 180 g/mol. The molecule has 0 bridgehead atoms. The van der Waals surface area contributed by atoms with Crippen LogP contribution in [-0.2, 0) is 9.59 Å². The van der Waals surface area contributed by atoms with E-state index in [9.17, 15) is 9.59 Å². The molecule has 0 atom stereocenters. The second-order valence-electron chi connectivity index (χ2n) is 1.60. The summed E-state index contributed by atoms with van der Waals surface area (Å²) in [7, 11) is 0. The Morgan fingerprint density at radius 3 is 2.08 bits per heavy atom. The van der Waals surface area contributed by atoms with Gasteiger partial charge in [0.15, 0.2) is 0 Å². The third-order valence-electron chi connectivity index (χ3n) is 0.786. The molecular formula is C4H12N6O3. The molecule has 0 saturated carbocycles. The van der Waals surface area contributed by atoms with Crippen LogP contribution in [-0.4, -0.2) is 17.3 Å². The summed E-state index contributed by atoms with van der Waals surface area (Å²) in [5, 5.41) is 0. The van der Waals surface area contributed by atoms with E-state index >= 15 is 0 Å². The highest BCUT2D eigenvalue weighted by atomic mass is 16.2. The van der Waals surface area contributed by atoms with Crippen LogP contribution in [0.1, 0.15) is 0 Å². The van der Waals surface area contributed by atoms with Crippen molar-refractivity contribution in [3.8, 4) is 0 Å². The lowest BCUT2D eigenvalue weighted by atomic mass is 10.4. The Kier molecular flexibility index (Phi) is 9.25. The Morgan fingerprint density at radius 1 is 1.08 bits per heavy atom. The van der Waals surface area contributed by atoms with Crippen molar-refractivity contribution >= 4 is 11.8 Å². The lowest BCUT2D eigenvalue weighted by Crippen LogP contribution is -2.49. The Balaban J connectivity index is 0. The minimum Gasteiger partial charge on any atom is -0.412 e. The molecule has 13 heavy (non-hydrogen) atoms. The average Bonchev–Trinajstić information content (AvgIpc) is 2.10. The van der Waals surface area contributed by atoms with E-state index in [0.29, 0.717) is 0 Å². The lowest BCUT2D eigenvalue weighted by molar-refractivity contribution is -0.119. The van der Waals surface area contributed by atoms with E-state index in [4.69, 9.17) is 11.7 Å². The van der Waals surface area contributed by atoms with E-state index in [1.165, 1.54) is 0 Å². The number of nitrogens with two attached hydrogens (primary N) is 2. The van der Waals surface area contributed by atoms with Crippen molar-refractivity contribution in [1.82, 2.24) is 21.9 Å². The maximum atomic E-state index is 10.6. The molecule has 0 fully saturated rings. The Labute approximate surface area is 73.7 Å². The van der Waals surface area contributed by atoms with Crippen molar-refractivity contribution in [2.75, 3.05) is 0 Å². The molecule has 0 aliphatic rings. The molecule has 0 radical (unpaired) electrons. The fourth-order valence-electron chi connectivity index (χ4n) is 0.339. The first-order chi connectivity index (χ1) is 5.70. The first kappa shape index (κ1) is 14.0. The fourth-order valence-corrected chi connectivity index (χ4v) is 0.339. The van der Waals surface area contributed by atoms with E-state index in [-0.39, 0.29) is 5.48 Å². The number of nitrogens with one attached hydrogen (secondary N) is 4. The summed E-state index contributed by atoms with van der Waals surface area (Å²) in [6.45, 7) is 0. The van der Waals surface area contributed by atoms with Crippen molar-refractivity contribution in [2.45, 2.75) is 0 Å². The third-order valence-corrected chi connectivity index (χ3v) is 0.786. The van der Waals surface area contributed by atoms with Gasteiger partial charge in [0.25, 0.3) is 11.8 Å². The quantitative estimate of drug-likeness (QED) is 0.114. The summed E-state index contributed by atoms with van der Waals surface area (Å²) in [5.41, 5.74) is 7.95. The Morgan fingerprint density at radius 2 is 1.62 bits per heavy atom. The van der Waals surface area contributed by atoms with E-state index in [2.05, 4.69) is 11.0 Å². The van der Waals surface area contributed by atoms with Crippen LogP contribution in [0.25, 0.3) is 0 Å². The SMILES string of the molecule is NNNNC(=O)/C=C\C(=O)NN.O. The minimum atomic E-state index is -0.578. The number of hydrogen-bond acceptors (Lipinski definition) is 6.